The van der Waals surface area contributed by atoms with Crippen LogP contribution in [0.15, 0.2) is 34.9 Å². The van der Waals surface area contributed by atoms with Crippen LogP contribution in [-0.2, 0) is 4.79 Å². The first-order chi connectivity index (χ1) is 14.8. The van der Waals surface area contributed by atoms with E-state index in [0.29, 0.717) is 17.9 Å². The van der Waals surface area contributed by atoms with Gasteiger partial charge in [-0.05, 0) is 55.7 Å². The van der Waals surface area contributed by atoms with Gasteiger partial charge < -0.3 is 15.3 Å². The lowest BCUT2D eigenvalue weighted by Gasteiger charge is -2.27. The van der Waals surface area contributed by atoms with Gasteiger partial charge in [-0.2, -0.15) is 0 Å². The maximum absolute atomic E-state index is 11.8. The third kappa shape index (κ3) is 10.1. The predicted molar refractivity (Wildman–Crippen MR) is 135 cm³/mol. The molecule has 0 aromatic heterocycles. The molecule has 0 saturated carbocycles. The number of Topliss-reactive ketones (excluding diaryl/α,β-unsaturated/α-hetero) is 1. The van der Waals surface area contributed by atoms with Crippen LogP contribution in [0.5, 0.6) is 0 Å². The van der Waals surface area contributed by atoms with Gasteiger partial charge in [0.25, 0.3) is 0 Å². The highest BCUT2D eigenvalue weighted by Crippen LogP contribution is 2.26. The molecular weight excluding hydrogens is 400 g/mol. The molecule has 186 valence electrons. The van der Waals surface area contributed by atoms with E-state index < -0.39 is 18.3 Å². The Kier molecular flexibility index (Phi) is 14.3. The Morgan fingerprint density at radius 3 is 1.62 bits per heavy atom. The molecule has 0 aliphatic carbocycles. The first kappa shape index (κ1) is 30.8. The number of allylic oxidation sites excluding steroid dienone is 1. The molecule has 8 unspecified atom stereocenters. The average Bonchev–Trinajstić information content (AvgIpc) is 2.75. The van der Waals surface area contributed by atoms with Gasteiger partial charge in [-0.3, -0.25) is 4.79 Å². The van der Waals surface area contributed by atoms with E-state index >= 15 is 0 Å². The van der Waals surface area contributed by atoms with Gasteiger partial charge in [0.2, 0.25) is 0 Å². The van der Waals surface area contributed by atoms with Crippen LogP contribution in [0.1, 0.15) is 88.5 Å². The zero-order valence-electron chi connectivity index (χ0n) is 22.2. The van der Waals surface area contributed by atoms with Gasteiger partial charge in [-0.25, -0.2) is 0 Å². The number of hydrogen-bond acceptors (Lipinski definition) is 4. The van der Waals surface area contributed by atoms with Crippen LogP contribution in [-0.4, -0.2) is 39.4 Å². The monoisotopic (exact) mass is 450 g/mol. The van der Waals surface area contributed by atoms with Crippen LogP contribution < -0.4 is 0 Å². The maximum atomic E-state index is 11.8. The van der Waals surface area contributed by atoms with Crippen molar-refractivity contribution in [1.82, 2.24) is 0 Å². The Labute approximate surface area is 197 Å². The van der Waals surface area contributed by atoms with Crippen molar-refractivity contribution >= 4 is 5.78 Å². The lowest BCUT2D eigenvalue weighted by molar-refractivity contribution is -0.115. The van der Waals surface area contributed by atoms with Crippen LogP contribution in [0.3, 0.4) is 0 Å². The molecule has 0 aromatic rings. The topological polar surface area (TPSA) is 77.8 Å². The lowest BCUT2D eigenvalue weighted by Crippen LogP contribution is -2.27. The first-order valence-electron chi connectivity index (χ1n) is 12.4. The van der Waals surface area contributed by atoms with Crippen molar-refractivity contribution in [3.05, 3.63) is 34.9 Å². The standard InChI is InChI=1S/C28H50O4/c1-11-17(3)13-19(5)26(30)21(7)15-23(9)28(32)24(10)16-22(8)27(31)20(6)14-18(4)25(29)12-2/h14-17,19-21,24,26-28,30-32H,11-13H2,1-10H3. The number of carbonyl (C=O) groups is 1. The summed E-state index contributed by atoms with van der Waals surface area (Å²) >= 11 is 0. The van der Waals surface area contributed by atoms with Gasteiger partial charge in [0.1, 0.15) is 0 Å². The van der Waals surface area contributed by atoms with Crippen molar-refractivity contribution in [3.8, 4) is 0 Å². The molecule has 0 saturated heterocycles. The molecule has 0 heterocycles. The summed E-state index contributed by atoms with van der Waals surface area (Å²) in [6.07, 6.45) is 6.41. The second-order valence-electron chi connectivity index (χ2n) is 10.1. The Hall–Kier alpha value is -1.23. The minimum atomic E-state index is -0.712. The van der Waals surface area contributed by atoms with E-state index in [9.17, 15) is 20.1 Å². The van der Waals surface area contributed by atoms with Crippen LogP contribution in [0.2, 0.25) is 0 Å². The number of aliphatic hydroxyl groups excluding tert-OH is 3. The third-order valence-corrected chi connectivity index (χ3v) is 6.85. The second kappa shape index (κ2) is 14.8. The van der Waals surface area contributed by atoms with Crippen molar-refractivity contribution in [1.29, 1.82) is 0 Å². The van der Waals surface area contributed by atoms with Gasteiger partial charge in [0, 0.05) is 24.2 Å². The number of rotatable bonds is 14. The first-order valence-corrected chi connectivity index (χ1v) is 12.4. The summed E-state index contributed by atoms with van der Waals surface area (Å²) in [6.45, 7) is 19.7. The number of carbonyl (C=O) groups excluding carboxylic acids is 1. The van der Waals surface area contributed by atoms with Gasteiger partial charge in [0.15, 0.2) is 5.78 Å². The quantitative estimate of drug-likeness (QED) is 0.228. The maximum Gasteiger partial charge on any atom is 0.157 e. The summed E-state index contributed by atoms with van der Waals surface area (Å²) in [6, 6.07) is 0. The Morgan fingerprint density at radius 1 is 0.750 bits per heavy atom. The summed E-state index contributed by atoms with van der Waals surface area (Å²) in [5.74, 6) is 0.458. The highest BCUT2D eigenvalue weighted by atomic mass is 16.3. The molecule has 0 rings (SSSR count). The highest BCUT2D eigenvalue weighted by molar-refractivity contribution is 5.94. The Morgan fingerprint density at radius 2 is 1.19 bits per heavy atom. The highest BCUT2D eigenvalue weighted by Gasteiger charge is 2.23. The summed E-state index contributed by atoms with van der Waals surface area (Å²) in [4.78, 5) is 11.8. The Bertz CT molecular complexity index is 660. The fourth-order valence-corrected chi connectivity index (χ4v) is 4.36. The smallest absolute Gasteiger partial charge is 0.157 e. The van der Waals surface area contributed by atoms with Crippen molar-refractivity contribution in [3.63, 3.8) is 0 Å². The average molecular weight is 451 g/mol. The van der Waals surface area contributed by atoms with Crippen LogP contribution in [0.25, 0.3) is 0 Å². The summed E-state index contributed by atoms with van der Waals surface area (Å²) < 4.78 is 0. The van der Waals surface area contributed by atoms with E-state index in [0.717, 1.165) is 24.0 Å². The molecule has 0 bridgehead atoms. The van der Waals surface area contributed by atoms with E-state index in [1.807, 2.05) is 59.8 Å². The molecular formula is C28H50O4. The second-order valence-corrected chi connectivity index (χ2v) is 10.1. The van der Waals surface area contributed by atoms with E-state index in [4.69, 9.17) is 0 Å². The molecule has 0 amide bonds. The zero-order chi connectivity index (χ0) is 25.2. The van der Waals surface area contributed by atoms with E-state index in [1.165, 1.54) is 0 Å². The summed E-state index contributed by atoms with van der Waals surface area (Å²) in [7, 11) is 0. The van der Waals surface area contributed by atoms with E-state index in [1.54, 1.807) is 6.92 Å². The fourth-order valence-electron chi connectivity index (χ4n) is 4.36. The van der Waals surface area contributed by atoms with E-state index in [2.05, 4.69) is 20.8 Å². The zero-order valence-corrected chi connectivity index (χ0v) is 22.2. The molecule has 0 radical (unpaired) electrons. The summed E-state index contributed by atoms with van der Waals surface area (Å²) in [5, 5.41) is 32.2. The van der Waals surface area contributed by atoms with Crippen LogP contribution in [0, 0.1) is 29.6 Å². The molecule has 0 aromatic carbocycles. The minimum absolute atomic E-state index is 0.0455. The molecule has 0 fully saturated rings. The molecule has 0 spiro atoms. The van der Waals surface area contributed by atoms with Crippen molar-refractivity contribution in [2.75, 3.05) is 0 Å². The van der Waals surface area contributed by atoms with Gasteiger partial charge >= 0.3 is 0 Å². The van der Waals surface area contributed by atoms with Gasteiger partial charge in [0.05, 0.1) is 18.3 Å². The van der Waals surface area contributed by atoms with Crippen LogP contribution >= 0.6 is 0 Å². The number of ketones is 1. The minimum Gasteiger partial charge on any atom is -0.392 e. The van der Waals surface area contributed by atoms with E-state index in [-0.39, 0.29) is 29.5 Å². The Balaban J connectivity index is 5.21. The molecule has 32 heavy (non-hydrogen) atoms. The third-order valence-electron chi connectivity index (χ3n) is 6.85. The molecule has 0 aliphatic rings. The number of hydrogen-bond donors (Lipinski definition) is 3. The normalized spacial score (nSPS) is 21.3. The van der Waals surface area contributed by atoms with Crippen molar-refractivity contribution < 1.29 is 20.1 Å². The fraction of sp³-hybridized carbons (Fsp3) is 0.750. The van der Waals surface area contributed by atoms with Crippen molar-refractivity contribution in [2.24, 2.45) is 29.6 Å². The molecule has 0 aliphatic heterocycles. The molecule has 3 N–H and O–H groups in total. The van der Waals surface area contributed by atoms with Crippen molar-refractivity contribution in [2.45, 2.75) is 107 Å². The molecule has 8 atom stereocenters. The lowest BCUT2D eigenvalue weighted by atomic mass is 9.84. The molecule has 4 nitrogen and oxygen atoms in total. The van der Waals surface area contributed by atoms with Gasteiger partial charge in [-0.15, -0.1) is 0 Å². The van der Waals surface area contributed by atoms with Gasteiger partial charge in [-0.1, -0.05) is 73.1 Å². The molecule has 4 heteroatoms. The SMILES string of the molecule is CCC(=O)C(C)=CC(C)C(O)C(C)=CC(C)C(O)C(C)=CC(C)C(O)C(C)CC(C)CC. The summed E-state index contributed by atoms with van der Waals surface area (Å²) in [5.41, 5.74) is 2.28. The largest absolute Gasteiger partial charge is 0.392 e. The predicted octanol–water partition coefficient (Wildman–Crippen LogP) is 5.87. The number of aliphatic hydroxyl groups is 3. The van der Waals surface area contributed by atoms with Crippen LogP contribution in [0.4, 0.5) is 0 Å².